The van der Waals surface area contributed by atoms with E-state index in [0.717, 1.165) is 16.2 Å². The minimum Gasteiger partial charge on any atom is -0.352 e. The van der Waals surface area contributed by atoms with Crippen molar-refractivity contribution in [1.29, 1.82) is 0 Å². The summed E-state index contributed by atoms with van der Waals surface area (Å²) in [4.78, 5) is 27.4. The van der Waals surface area contributed by atoms with Crippen LogP contribution >= 0.6 is 11.8 Å². The molecule has 6 heteroatoms. The minimum atomic E-state index is -0.272. The molecular weight excluding hydrogens is 315 g/mol. The lowest BCUT2D eigenvalue weighted by Gasteiger charge is -2.08. The fraction of sp³-hybridized carbons (Fsp3) is 0.294. The number of H-pyrrole nitrogens is 1. The van der Waals surface area contributed by atoms with Gasteiger partial charge in [0.2, 0.25) is 5.91 Å². The van der Waals surface area contributed by atoms with Gasteiger partial charge in [0, 0.05) is 34.9 Å². The van der Waals surface area contributed by atoms with Crippen molar-refractivity contribution in [1.82, 2.24) is 10.3 Å². The Morgan fingerprint density at radius 3 is 2.61 bits per heavy atom. The molecule has 0 saturated heterocycles. The highest BCUT2D eigenvalue weighted by Gasteiger charge is 2.07. The molecule has 0 radical (unpaired) electrons. The maximum absolute atomic E-state index is 12.8. The van der Waals surface area contributed by atoms with Crippen molar-refractivity contribution in [2.45, 2.75) is 31.7 Å². The van der Waals surface area contributed by atoms with E-state index < -0.39 is 0 Å². The number of aromatic nitrogens is 1. The Kier molecular flexibility index (Phi) is 5.98. The number of rotatable bonds is 6. The van der Waals surface area contributed by atoms with E-state index in [1.54, 1.807) is 12.1 Å². The molecule has 0 spiro atoms. The van der Waals surface area contributed by atoms with Crippen LogP contribution in [-0.2, 0) is 11.3 Å². The van der Waals surface area contributed by atoms with E-state index in [9.17, 15) is 14.0 Å². The molecule has 122 valence electrons. The average Bonchev–Trinajstić information content (AvgIpc) is 2.48. The van der Waals surface area contributed by atoms with Gasteiger partial charge in [-0.2, -0.15) is 0 Å². The van der Waals surface area contributed by atoms with Crippen molar-refractivity contribution >= 4 is 17.7 Å². The van der Waals surface area contributed by atoms with E-state index in [-0.39, 0.29) is 23.8 Å². The molecule has 1 aromatic heterocycles. The Morgan fingerprint density at radius 1 is 1.26 bits per heavy atom. The summed E-state index contributed by atoms with van der Waals surface area (Å²) in [5.74, 6) is 0.213. The van der Waals surface area contributed by atoms with Crippen molar-refractivity contribution in [3.63, 3.8) is 0 Å². The zero-order valence-electron chi connectivity index (χ0n) is 13.1. The van der Waals surface area contributed by atoms with Crippen LogP contribution in [0.4, 0.5) is 4.39 Å². The smallest absolute Gasteiger partial charge is 0.253 e. The number of aromatic amines is 1. The lowest BCUT2D eigenvalue weighted by atomic mass is 10.1. The third kappa shape index (κ3) is 5.25. The normalized spacial score (nSPS) is 10.6. The molecule has 0 unspecified atom stereocenters. The van der Waals surface area contributed by atoms with Gasteiger partial charge in [-0.15, -0.1) is 11.8 Å². The number of pyridine rings is 1. The largest absolute Gasteiger partial charge is 0.352 e. The van der Waals surface area contributed by atoms with Crippen molar-refractivity contribution in [2.24, 2.45) is 0 Å². The Bertz CT molecular complexity index is 741. The number of carbonyl (C=O) groups excluding carboxylic acids is 1. The van der Waals surface area contributed by atoms with Gasteiger partial charge in [0.15, 0.2) is 0 Å². The highest BCUT2D eigenvalue weighted by Crippen LogP contribution is 2.18. The monoisotopic (exact) mass is 334 g/mol. The molecule has 0 saturated carbocycles. The van der Waals surface area contributed by atoms with Gasteiger partial charge in [-0.1, -0.05) is 0 Å². The topological polar surface area (TPSA) is 62.0 Å². The Hall–Kier alpha value is -2.08. The van der Waals surface area contributed by atoms with Crippen molar-refractivity contribution in [3.8, 4) is 0 Å². The van der Waals surface area contributed by atoms with Crippen LogP contribution in [0.25, 0.3) is 0 Å². The summed E-state index contributed by atoms with van der Waals surface area (Å²) in [6, 6.07) is 8.05. The number of nitrogens with one attached hydrogen (secondary N) is 2. The summed E-state index contributed by atoms with van der Waals surface area (Å²) in [7, 11) is 0. The van der Waals surface area contributed by atoms with Gasteiger partial charge in [-0.05, 0) is 49.7 Å². The van der Waals surface area contributed by atoms with Gasteiger partial charge in [-0.3, -0.25) is 9.59 Å². The first-order chi connectivity index (χ1) is 11.0. The quantitative estimate of drug-likeness (QED) is 0.799. The van der Waals surface area contributed by atoms with E-state index in [0.29, 0.717) is 17.7 Å². The molecule has 0 fully saturated rings. The first kappa shape index (κ1) is 17.3. The Morgan fingerprint density at radius 2 is 1.96 bits per heavy atom. The van der Waals surface area contributed by atoms with E-state index in [4.69, 9.17) is 0 Å². The number of thioether (sulfide) groups is 1. The summed E-state index contributed by atoms with van der Waals surface area (Å²) >= 11 is 1.49. The summed E-state index contributed by atoms with van der Waals surface area (Å²) in [5.41, 5.74) is 2.09. The third-order valence-corrected chi connectivity index (χ3v) is 4.38. The molecule has 23 heavy (non-hydrogen) atoms. The molecule has 0 aliphatic rings. The van der Waals surface area contributed by atoms with Gasteiger partial charge < -0.3 is 10.3 Å². The van der Waals surface area contributed by atoms with Gasteiger partial charge in [0.1, 0.15) is 5.82 Å². The second-order valence-electron chi connectivity index (χ2n) is 5.27. The van der Waals surface area contributed by atoms with Crippen LogP contribution < -0.4 is 10.9 Å². The van der Waals surface area contributed by atoms with Gasteiger partial charge in [0.05, 0.1) is 0 Å². The molecule has 2 aromatic rings. The van der Waals surface area contributed by atoms with Gasteiger partial charge in [0.25, 0.3) is 5.56 Å². The summed E-state index contributed by atoms with van der Waals surface area (Å²) < 4.78 is 12.8. The number of halogens is 1. The maximum Gasteiger partial charge on any atom is 0.253 e. The van der Waals surface area contributed by atoms with Gasteiger partial charge >= 0.3 is 0 Å². The summed E-state index contributed by atoms with van der Waals surface area (Å²) in [6.45, 7) is 3.90. The van der Waals surface area contributed by atoms with E-state index >= 15 is 0 Å². The average molecular weight is 334 g/mol. The van der Waals surface area contributed by atoms with Crippen LogP contribution in [0.3, 0.4) is 0 Å². The SMILES string of the molecule is Cc1cc(C)c(CNC(=O)CCSc2ccc(F)cc2)c(=O)[nH]1. The lowest BCUT2D eigenvalue weighted by molar-refractivity contribution is -0.120. The number of carbonyl (C=O) groups is 1. The zero-order valence-corrected chi connectivity index (χ0v) is 13.9. The van der Waals surface area contributed by atoms with Crippen LogP contribution in [0.15, 0.2) is 40.0 Å². The first-order valence-electron chi connectivity index (χ1n) is 7.30. The lowest BCUT2D eigenvalue weighted by Crippen LogP contribution is -2.28. The maximum atomic E-state index is 12.8. The fourth-order valence-corrected chi connectivity index (χ4v) is 3.02. The molecule has 2 rings (SSSR count). The molecule has 4 nitrogen and oxygen atoms in total. The summed E-state index contributed by atoms with van der Waals surface area (Å²) in [5, 5.41) is 2.76. The molecular formula is C17H19FN2O2S. The first-order valence-corrected chi connectivity index (χ1v) is 8.29. The van der Waals surface area contributed by atoms with Crippen LogP contribution in [-0.4, -0.2) is 16.6 Å². The third-order valence-electron chi connectivity index (χ3n) is 3.37. The molecule has 0 aliphatic carbocycles. The number of hydrogen-bond donors (Lipinski definition) is 2. The highest BCUT2D eigenvalue weighted by molar-refractivity contribution is 7.99. The fourth-order valence-electron chi connectivity index (χ4n) is 2.17. The molecule has 1 aromatic carbocycles. The van der Waals surface area contributed by atoms with Crippen LogP contribution in [0.2, 0.25) is 0 Å². The molecule has 0 bridgehead atoms. The molecule has 2 N–H and O–H groups in total. The zero-order chi connectivity index (χ0) is 16.8. The number of aryl methyl sites for hydroxylation is 2. The highest BCUT2D eigenvalue weighted by atomic mass is 32.2. The number of hydrogen-bond acceptors (Lipinski definition) is 3. The van der Waals surface area contributed by atoms with E-state index in [1.165, 1.54) is 23.9 Å². The predicted molar refractivity (Wildman–Crippen MR) is 90.1 cm³/mol. The number of benzene rings is 1. The minimum absolute atomic E-state index is 0.112. The van der Waals surface area contributed by atoms with Crippen LogP contribution in [0.1, 0.15) is 23.2 Å². The standard InChI is InChI=1S/C17H19FN2O2S/c1-11-9-12(2)20-17(22)15(11)10-19-16(21)7-8-23-14-5-3-13(18)4-6-14/h3-6,9H,7-8,10H2,1-2H3,(H,19,21)(H,20,22). The molecule has 1 heterocycles. The molecule has 0 aliphatic heterocycles. The van der Waals surface area contributed by atoms with Crippen molar-refractivity contribution < 1.29 is 9.18 Å². The second-order valence-corrected chi connectivity index (χ2v) is 6.44. The predicted octanol–water partition coefficient (Wildman–Crippen LogP) is 2.93. The van der Waals surface area contributed by atoms with Crippen LogP contribution in [0, 0.1) is 19.7 Å². The molecule has 0 atom stereocenters. The van der Waals surface area contributed by atoms with Gasteiger partial charge in [-0.25, -0.2) is 4.39 Å². The van der Waals surface area contributed by atoms with Crippen molar-refractivity contribution in [3.05, 3.63) is 63.3 Å². The second kappa shape index (κ2) is 7.97. The van der Waals surface area contributed by atoms with E-state index in [2.05, 4.69) is 10.3 Å². The summed E-state index contributed by atoms with van der Waals surface area (Å²) in [6.07, 6.45) is 0.338. The van der Waals surface area contributed by atoms with Crippen molar-refractivity contribution in [2.75, 3.05) is 5.75 Å². The van der Waals surface area contributed by atoms with E-state index in [1.807, 2.05) is 19.9 Å². The Balaban J connectivity index is 1.79. The van der Waals surface area contributed by atoms with Crippen LogP contribution in [0.5, 0.6) is 0 Å². The Labute approximate surface area is 138 Å². The number of amides is 1. The molecule has 1 amide bonds.